The Bertz CT molecular complexity index is 320. The molecule has 1 aromatic rings. The van der Waals surface area contributed by atoms with Gasteiger partial charge in [0.15, 0.2) is 0 Å². The van der Waals surface area contributed by atoms with Crippen LogP contribution in [0.4, 0.5) is 5.69 Å². The number of nitrogens with two attached hydrogens (primary N) is 1. The van der Waals surface area contributed by atoms with E-state index >= 15 is 0 Å². The largest absolute Gasteiger partial charge is 0.369 e. The average molecular weight is 219 g/mol. The van der Waals surface area contributed by atoms with E-state index in [1.54, 1.807) is 0 Å². The third-order valence-electron chi connectivity index (χ3n) is 3.25. The van der Waals surface area contributed by atoms with Gasteiger partial charge in [0.05, 0.1) is 0 Å². The SMILES string of the molecule is CCc1ccc(N2CCNC(CN)C2)cc1. The van der Waals surface area contributed by atoms with E-state index in [-0.39, 0.29) is 0 Å². The van der Waals surface area contributed by atoms with Gasteiger partial charge in [-0.25, -0.2) is 0 Å². The second-order valence-corrected chi connectivity index (χ2v) is 4.35. The van der Waals surface area contributed by atoms with Crippen molar-refractivity contribution in [3.05, 3.63) is 29.8 Å². The van der Waals surface area contributed by atoms with Crippen molar-refractivity contribution in [1.82, 2.24) is 5.32 Å². The molecule has 3 heteroatoms. The highest BCUT2D eigenvalue weighted by atomic mass is 15.2. The summed E-state index contributed by atoms with van der Waals surface area (Å²) in [6, 6.07) is 9.30. The fourth-order valence-electron chi connectivity index (χ4n) is 2.16. The zero-order valence-electron chi connectivity index (χ0n) is 9.95. The summed E-state index contributed by atoms with van der Waals surface area (Å²) in [6.45, 7) is 6.01. The van der Waals surface area contributed by atoms with Gasteiger partial charge >= 0.3 is 0 Å². The number of hydrogen-bond donors (Lipinski definition) is 2. The lowest BCUT2D eigenvalue weighted by Gasteiger charge is -2.34. The number of nitrogens with zero attached hydrogens (tertiary/aromatic N) is 1. The van der Waals surface area contributed by atoms with Crippen LogP contribution in [0, 0.1) is 0 Å². The first-order valence-corrected chi connectivity index (χ1v) is 6.11. The molecule has 1 aliphatic heterocycles. The number of nitrogens with one attached hydrogen (secondary N) is 1. The number of anilines is 1. The Morgan fingerprint density at radius 2 is 2.12 bits per heavy atom. The number of aryl methyl sites for hydroxylation is 1. The molecule has 0 spiro atoms. The Hall–Kier alpha value is -1.06. The van der Waals surface area contributed by atoms with Gasteiger partial charge < -0.3 is 16.0 Å². The van der Waals surface area contributed by atoms with Gasteiger partial charge in [-0.2, -0.15) is 0 Å². The van der Waals surface area contributed by atoms with Crippen LogP contribution >= 0.6 is 0 Å². The molecule has 1 atom stereocenters. The Labute approximate surface area is 97.6 Å². The van der Waals surface area contributed by atoms with Gasteiger partial charge in [-0.15, -0.1) is 0 Å². The van der Waals surface area contributed by atoms with E-state index < -0.39 is 0 Å². The van der Waals surface area contributed by atoms with Crippen molar-refractivity contribution >= 4 is 5.69 Å². The summed E-state index contributed by atoms with van der Waals surface area (Å²) in [7, 11) is 0. The third kappa shape index (κ3) is 2.54. The topological polar surface area (TPSA) is 41.3 Å². The summed E-state index contributed by atoms with van der Waals surface area (Å²) in [5.41, 5.74) is 8.41. The average Bonchev–Trinajstić information content (AvgIpc) is 2.39. The maximum absolute atomic E-state index is 5.70. The van der Waals surface area contributed by atoms with E-state index in [1.807, 2.05) is 0 Å². The van der Waals surface area contributed by atoms with E-state index in [4.69, 9.17) is 5.73 Å². The fourth-order valence-corrected chi connectivity index (χ4v) is 2.16. The molecule has 1 fully saturated rings. The van der Waals surface area contributed by atoms with Gasteiger partial charge in [-0.1, -0.05) is 19.1 Å². The normalized spacial score (nSPS) is 21.1. The van der Waals surface area contributed by atoms with Crippen LogP contribution in [0.25, 0.3) is 0 Å². The van der Waals surface area contributed by atoms with E-state index in [0.717, 1.165) is 26.1 Å². The van der Waals surface area contributed by atoms with E-state index in [9.17, 15) is 0 Å². The molecule has 0 saturated carbocycles. The molecule has 16 heavy (non-hydrogen) atoms. The zero-order valence-corrected chi connectivity index (χ0v) is 9.95. The van der Waals surface area contributed by atoms with Gasteiger partial charge in [-0.3, -0.25) is 0 Å². The molecular weight excluding hydrogens is 198 g/mol. The molecule has 0 radical (unpaired) electrons. The Kier molecular flexibility index (Phi) is 3.80. The zero-order chi connectivity index (χ0) is 11.4. The van der Waals surface area contributed by atoms with Gasteiger partial charge in [0.1, 0.15) is 0 Å². The van der Waals surface area contributed by atoms with Crippen molar-refractivity contribution in [2.45, 2.75) is 19.4 Å². The molecule has 1 aromatic carbocycles. The molecule has 3 nitrogen and oxygen atoms in total. The molecule has 0 aromatic heterocycles. The minimum atomic E-state index is 0.430. The molecule has 3 N–H and O–H groups in total. The smallest absolute Gasteiger partial charge is 0.0367 e. The second-order valence-electron chi connectivity index (χ2n) is 4.35. The van der Waals surface area contributed by atoms with Gasteiger partial charge in [0.2, 0.25) is 0 Å². The number of rotatable bonds is 3. The van der Waals surface area contributed by atoms with Crippen molar-refractivity contribution in [2.24, 2.45) is 5.73 Å². The first-order chi connectivity index (χ1) is 7.83. The van der Waals surface area contributed by atoms with Crippen LogP contribution in [-0.2, 0) is 6.42 Å². The highest BCUT2D eigenvalue weighted by Crippen LogP contribution is 2.17. The molecule has 0 aliphatic carbocycles. The molecule has 1 saturated heterocycles. The summed E-state index contributed by atoms with van der Waals surface area (Å²) in [5.74, 6) is 0. The maximum Gasteiger partial charge on any atom is 0.0367 e. The van der Waals surface area contributed by atoms with Crippen molar-refractivity contribution in [1.29, 1.82) is 0 Å². The quantitative estimate of drug-likeness (QED) is 0.796. The summed E-state index contributed by atoms with van der Waals surface area (Å²) in [5, 5.41) is 3.42. The lowest BCUT2D eigenvalue weighted by atomic mass is 10.1. The maximum atomic E-state index is 5.70. The Balaban J connectivity index is 2.05. The molecule has 2 rings (SSSR count). The molecule has 88 valence electrons. The summed E-state index contributed by atoms with van der Waals surface area (Å²) in [4.78, 5) is 2.41. The van der Waals surface area contributed by atoms with Crippen LogP contribution in [0.5, 0.6) is 0 Å². The summed E-state index contributed by atoms with van der Waals surface area (Å²) >= 11 is 0. The van der Waals surface area contributed by atoms with Crippen LogP contribution in [0.2, 0.25) is 0 Å². The van der Waals surface area contributed by atoms with Crippen LogP contribution in [0.3, 0.4) is 0 Å². The van der Waals surface area contributed by atoms with E-state index in [0.29, 0.717) is 12.6 Å². The number of hydrogen-bond acceptors (Lipinski definition) is 3. The number of benzene rings is 1. The summed E-state index contributed by atoms with van der Waals surface area (Å²) < 4.78 is 0. The van der Waals surface area contributed by atoms with Gasteiger partial charge in [-0.05, 0) is 24.1 Å². The van der Waals surface area contributed by atoms with Crippen molar-refractivity contribution in [3.63, 3.8) is 0 Å². The molecule has 0 bridgehead atoms. The predicted octanol–water partition coefficient (Wildman–Crippen LogP) is 0.986. The van der Waals surface area contributed by atoms with E-state index in [2.05, 4.69) is 41.4 Å². The number of piperazine rings is 1. The van der Waals surface area contributed by atoms with E-state index in [1.165, 1.54) is 11.3 Å². The molecule has 1 aliphatic rings. The predicted molar refractivity (Wildman–Crippen MR) is 68.9 cm³/mol. The third-order valence-corrected chi connectivity index (χ3v) is 3.25. The summed E-state index contributed by atoms with van der Waals surface area (Å²) in [6.07, 6.45) is 1.10. The standard InChI is InChI=1S/C13H21N3/c1-2-11-3-5-13(6-4-11)16-8-7-15-12(9-14)10-16/h3-6,12,15H,2,7-10,14H2,1H3. The lowest BCUT2D eigenvalue weighted by molar-refractivity contribution is 0.463. The van der Waals surface area contributed by atoms with Crippen molar-refractivity contribution in [2.75, 3.05) is 31.1 Å². The van der Waals surface area contributed by atoms with Gasteiger partial charge in [0.25, 0.3) is 0 Å². The molecule has 0 amide bonds. The van der Waals surface area contributed by atoms with Crippen LogP contribution < -0.4 is 16.0 Å². The minimum absolute atomic E-state index is 0.430. The monoisotopic (exact) mass is 219 g/mol. The minimum Gasteiger partial charge on any atom is -0.369 e. The fraction of sp³-hybridized carbons (Fsp3) is 0.538. The Morgan fingerprint density at radius 3 is 2.75 bits per heavy atom. The highest BCUT2D eigenvalue weighted by molar-refractivity contribution is 5.48. The van der Waals surface area contributed by atoms with Gasteiger partial charge in [0, 0.05) is 37.9 Å². The van der Waals surface area contributed by atoms with Crippen LogP contribution in [0.15, 0.2) is 24.3 Å². The van der Waals surface area contributed by atoms with Crippen LogP contribution in [-0.4, -0.2) is 32.2 Å². The molecular formula is C13H21N3. The first kappa shape index (κ1) is 11.4. The first-order valence-electron chi connectivity index (χ1n) is 6.11. The van der Waals surface area contributed by atoms with Crippen molar-refractivity contribution in [3.8, 4) is 0 Å². The lowest BCUT2D eigenvalue weighted by Crippen LogP contribution is -2.53. The Morgan fingerprint density at radius 1 is 1.38 bits per heavy atom. The highest BCUT2D eigenvalue weighted by Gasteiger charge is 2.17. The second kappa shape index (κ2) is 5.32. The molecule has 1 heterocycles. The molecule has 1 unspecified atom stereocenters. The van der Waals surface area contributed by atoms with Crippen LogP contribution in [0.1, 0.15) is 12.5 Å². The van der Waals surface area contributed by atoms with Crippen molar-refractivity contribution < 1.29 is 0 Å².